The van der Waals surface area contributed by atoms with Crippen LogP contribution in [0.5, 0.6) is 0 Å². The summed E-state index contributed by atoms with van der Waals surface area (Å²) in [7, 11) is -3.71. The van der Waals surface area contributed by atoms with Gasteiger partial charge in [-0.2, -0.15) is 0 Å². The zero-order valence-corrected chi connectivity index (χ0v) is 16.8. The van der Waals surface area contributed by atoms with Crippen LogP contribution in [0.3, 0.4) is 0 Å². The van der Waals surface area contributed by atoms with Crippen LogP contribution in [0.25, 0.3) is 22.9 Å². The molecule has 0 atom stereocenters. The van der Waals surface area contributed by atoms with Crippen LogP contribution in [0.2, 0.25) is 0 Å². The van der Waals surface area contributed by atoms with E-state index in [0.717, 1.165) is 16.7 Å². The second-order valence-electron chi connectivity index (χ2n) is 6.71. The average Bonchev–Trinajstić information content (AvgIpc) is 3.21. The first-order chi connectivity index (χ1) is 13.9. The molecule has 0 saturated heterocycles. The predicted molar refractivity (Wildman–Crippen MR) is 112 cm³/mol. The molecule has 1 heterocycles. The van der Waals surface area contributed by atoms with Crippen LogP contribution in [0.1, 0.15) is 11.1 Å². The highest BCUT2D eigenvalue weighted by Gasteiger charge is 2.16. The Morgan fingerprint density at radius 2 is 1.45 bits per heavy atom. The number of hydrogen-bond donors (Lipinski definition) is 1. The van der Waals surface area contributed by atoms with E-state index in [4.69, 9.17) is 4.42 Å². The van der Waals surface area contributed by atoms with Crippen molar-refractivity contribution in [2.24, 2.45) is 0 Å². The van der Waals surface area contributed by atoms with Gasteiger partial charge in [0.15, 0.2) is 0 Å². The van der Waals surface area contributed by atoms with Crippen LogP contribution in [-0.4, -0.2) is 18.6 Å². The van der Waals surface area contributed by atoms with Crippen LogP contribution in [-0.2, 0) is 10.0 Å². The van der Waals surface area contributed by atoms with E-state index in [1.165, 1.54) is 0 Å². The molecule has 0 bridgehead atoms. The van der Waals surface area contributed by atoms with E-state index in [-0.39, 0.29) is 4.90 Å². The number of hydrogen-bond acceptors (Lipinski definition) is 5. The summed E-state index contributed by atoms with van der Waals surface area (Å²) >= 11 is 0. The van der Waals surface area contributed by atoms with Gasteiger partial charge in [-0.25, -0.2) is 8.42 Å². The van der Waals surface area contributed by atoms with Crippen molar-refractivity contribution < 1.29 is 12.8 Å². The highest BCUT2D eigenvalue weighted by atomic mass is 32.2. The van der Waals surface area contributed by atoms with Crippen molar-refractivity contribution in [3.8, 4) is 22.9 Å². The molecule has 6 nitrogen and oxygen atoms in total. The smallest absolute Gasteiger partial charge is 0.261 e. The van der Waals surface area contributed by atoms with E-state index in [2.05, 4.69) is 14.9 Å². The molecule has 0 aliphatic rings. The van der Waals surface area contributed by atoms with Crippen LogP contribution < -0.4 is 4.72 Å². The minimum Gasteiger partial charge on any atom is -0.416 e. The lowest BCUT2D eigenvalue weighted by Crippen LogP contribution is -2.13. The first kappa shape index (κ1) is 18.9. The van der Waals surface area contributed by atoms with Gasteiger partial charge in [0, 0.05) is 16.8 Å². The molecule has 3 aromatic carbocycles. The van der Waals surface area contributed by atoms with Crippen molar-refractivity contribution in [1.29, 1.82) is 0 Å². The molecule has 0 radical (unpaired) electrons. The number of sulfonamides is 1. The first-order valence-electron chi connectivity index (χ1n) is 9.02. The first-order valence-corrected chi connectivity index (χ1v) is 10.5. The van der Waals surface area contributed by atoms with Gasteiger partial charge in [0.2, 0.25) is 11.8 Å². The molecule has 4 rings (SSSR count). The van der Waals surface area contributed by atoms with Gasteiger partial charge in [-0.15, -0.1) is 10.2 Å². The van der Waals surface area contributed by atoms with Gasteiger partial charge in [-0.3, -0.25) is 4.72 Å². The molecule has 0 aliphatic carbocycles. The maximum atomic E-state index is 12.7. The Bertz CT molecular complexity index is 1270. The van der Waals surface area contributed by atoms with Gasteiger partial charge in [-0.1, -0.05) is 30.3 Å². The second-order valence-corrected chi connectivity index (χ2v) is 8.39. The third kappa shape index (κ3) is 4.05. The fourth-order valence-electron chi connectivity index (χ4n) is 2.85. The lowest BCUT2D eigenvalue weighted by Gasteiger charge is -2.10. The molecule has 0 unspecified atom stereocenters. The van der Waals surface area contributed by atoms with Crippen molar-refractivity contribution in [2.75, 3.05) is 4.72 Å². The number of aryl methyl sites for hydroxylation is 2. The zero-order valence-electron chi connectivity index (χ0n) is 16.0. The van der Waals surface area contributed by atoms with E-state index in [9.17, 15) is 8.42 Å². The van der Waals surface area contributed by atoms with Crippen LogP contribution in [0, 0.1) is 13.8 Å². The lowest BCUT2D eigenvalue weighted by molar-refractivity contribution is 0.584. The third-order valence-electron chi connectivity index (χ3n) is 4.60. The number of anilines is 1. The molecule has 4 aromatic rings. The summed E-state index contributed by atoms with van der Waals surface area (Å²) in [5, 5.41) is 8.16. The standard InChI is InChI=1S/C22H19N3O3S/c1-15-11-12-20(13-16(15)2)29(26,27)25-19-10-6-9-18(14-19)22-24-23-21(28-22)17-7-4-3-5-8-17/h3-14,25H,1-2H3. The summed E-state index contributed by atoms with van der Waals surface area (Å²) in [4.78, 5) is 0.218. The number of nitrogens with zero attached hydrogens (tertiary/aromatic N) is 2. The van der Waals surface area contributed by atoms with Gasteiger partial charge < -0.3 is 4.42 Å². The summed E-state index contributed by atoms with van der Waals surface area (Å²) in [5.74, 6) is 0.720. The average molecular weight is 405 g/mol. The summed E-state index contributed by atoms with van der Waals surface area (Å²) in [6.07, 6.45) is 0. The predicted octanol–water partition coefficient (Wildman–Crippen LogP) is 4.82. The van der Waals surface area contributed by atoms with E-state index in [0.29, 0.717) is 23.0 Å². The van der Waals surface area contributed by atoms with Crippen molar-refractivity contribution in [2.45, 2.75) is 18.7 Å². The summed E-state index contributed by atoms with van der Waals surface area (Å²) in [5.41, 5.74) is 3.82. The fraction of sp³-hybridized carbons (Fsp3) is 0.0909. The molecule has 29 heavy (non-hydrogen) atoms. The molecule has 146 valence electrons. The number of nitrogens with one attached hydrogen (secondary N) is 1. The number of aromatic nitrogens is 2. The van der Waals surface area contributed by atoms with Crippen molar-refractivity contribution in [3.63, 3.8) is 0 Å². The van der Waals surface area contributed by atoms with Crippen LogP contribution in [0.15, 0.2) is 82.1 Å². The molecule has 1 aromatic heterocycles. The Labute approximate surface area is 169 Å². The Balaban J connectivity index is 1.61. The zero-order chi connectivity index (χ0) is 20.4. The molecule has 1 N–H and O–H groups in total. The largest absolute Gasteiger partial charge is 0.416 e. The highest BCUT2D eigenvalue weighted by Crippen LogP contribution is 2.26. The summed E-state index contributed by atoms with van der Waals surface area (Å²) < 4.78 is 33.8. The maximum Gasteiger partial charge on any atom is 0.261 e. The second kappa shape index (κ2) is 7.52. The molecule has 0 saturated carbocycles. The van der Waals surface area contributed by atoms with E-state index < -0.39 is 10.0 Å². The molecule has 0 aliphatic heterocycles. The molecular weight excluding hydrogens is 386 g/mol. The molecule has 0 amide bonds. The lowest BCUT2D eigenvalue weighted by atomic mass is 10.1. The summed E-state index contributed by atoms with van der Waals surface area (Å²) in [6, 6.07) is 21.4. The highest BCUT2D eigenvalue weighted by molar-refractivity contribution is 7.92. The van der Waals surface area contributed by atoms with Crippen molar-refractivity contribution in [3.05, 3.63) is 83.9 Å². The molecule has 7 heteroatoms. The fourth-order valence-corrected chi connectivity index (χ4v) is 3.98. The van der Waals surface area contributed by atoms with Crippen LogP contribution >= 0.6 is 0 Å². The van der Waals surface area contributed by atoms with Gasteiger partial charge in [0.05, 0.1) is 4.90 Å². The van der Waals surface area contributed by atoms with Crippen molar-refractivity contribution in [1.82, 2.24) is 10.2 Å². The molecule has 0 fully saturated rings. The monoisotopic (exact) mass is 405 g/mol. The Morgan fingerprint density at radius 1 is 0.759 bits per heavy atom. The molecular formula is C22H19N3O3S. The van der Waals surface area contributed by atoms with Gasteiger partial charge >= 0.3 is 0 Å². The molecule has 0 spiro atoms. The van der Waals surface area contributed by atoms with Gasteiger partial charge in [0.25, 0.3) is 10.0 Å². The maximum absolute atomic E-state index is 12.7. The Kier molecular flexibility index (Phi) is 4.90. The van der Waals surface area contributed by atoms with Crippen molar-refractivity contribution >= 4 is 15.7 Å². The van der Waals surface area contributed by atoms with Gasteiger partial charge in [0.1, 0.15) is 0 Å². The number of benzene rings is 3. The number of rotatable bonds is 5. The van der Waals surface area contributed by atoms with Gasteiger partial charge in [-0.05, 0) is 67.4 Å². The van der Waals surface area contributed by atoms with E-state index in [1.807, 2.05) is 44.2 Å². The Hall–Kier alpha value is -3.45. The van der Waals surface area contributed by atoms with E-state index >= 15 is 0 Å². The normalized spacial score (nSPS) is 11.4. The van der Waals surface area contributed by atoms with Crippen LogP contribution in [0.4, 0.5) is 5.69 Å². The van der Waals surface area contributed by atoms with E-state index in [1.54, 1.807) is 42.5 Å². The summed E-state index contributed by atoms with van der Waals surface area (Å²) in [6.45, 7) is 3.83. The Morgan fingerprint density at radius 3 is 2.17 bits per heavy atom. The quantitative estimate of drug-likeness (QED) is 0.514. The minimum absolute atomic E-state index is 0.218. The topological polar surface area (TPSA) is 85.1 Å². The SMILES string of the molecule is Cc1ccc(S(=O)(=O)Nc2cccc(-c3nnc(-c4ccccc4)o3)c2)cc1C. The minimum atomic E-state index is -3.71. The third-order valence-corrected chi connectivity index (χ3v) is 5.98.